The number of allylic oxidation sites excluding steroid dienone is 4. The maximum absolute atomic E-state index is 5.72. The quantitative estimate of drug-likeness (QED) is 0.436. The van der Waals surface area contributed by atoms with Gasteiger partial charge in [0.15, 0.2) is 0 Å². The lowest BCUT2D eigenvalue weighted by molar-refractivity contribution is 0.907. The Morgan fingerprint density at radius 1 is 1.36 bits per heavy atom. The highest BCUT2D eigenvalue weighted by atomic mass is 35.5. The van der Waals surface area contributed by atoms with Gasteiger partial charge >= 0.3 is 0 Å². The minimum Gasteiger partial charge on any atom is -0.122 e. The summed E-state index contributed by atoms with van der Waals surface area (Å²) in [6.07, 6.45) is 9.75. The van der Waals surface area contributed by atoms with Gasteiger partial charge in [-0.05, 0) is 12.8 Å². The first-order chi connectivity index (χ1) is 5.35. The van der Waals surface area contributed by atoms with Gasteiger partial charge in [-0.2, -0.15) is 0 Å². The zero-order valence-electron chi connectivity index (χ0n) is 7.44. The van der Waals surface area contributed by atoms with Crippen LogP contribution < -0.4 is 0 Å². The van der Waals surface area contributed by atoms with Crippen molar-refractivity contribution >= 4 is 11.6 Å². The van der Waals surface area contributed by atoms with Crippen LogP contribution in [0.3, 0.4) is 0 Å². The molecule has 64 valence electrons. The molecule has 0 saturated carbocycles. The second-order valence-electron chi connectivity index (χ2n) is 2.54. The first-order valence-corrected chi connectivity index (χ1v) is 4.79. The molecule has 0 N–H and O–H groups in total. The van der Waals surface area contributed by atoms with Crippen LogP contribution in [0.25, 0.3) is 0 Å². The molecule has 0 nitrogen and oxygen atoms in total. The van der Waals surface area contributed by atoms with Crippen molar-refractivity contribution in [2.24, 2.45) is 0 Å². The number of rotatable bonds is 5. The van der Waals surface area contributed by atoms with Gasteiger partial charge in [0.2, 0.25) is 0 Å². The zero-order valence-corrected chi connectivity index (χ0v) is 8.19. The second kappa shape index (κ2) is 7.87. The minimum absolute atomic E-state index is 0.669. The molecule has 11 heavy (non-hydrogen) atoms. The highest BCUT2D eigenvalue weighted by Crippen LogP contribution is 2.06. The van der Waals surface area contributed by atoms with Crippen molar-refractivity contribution in [2.45, 2.75) is 33.1 Å². The van der Waals surface area contributed by atoms with E-state index in [9.17, 15) is 0 Å². The summed E-state index contributed by atoms with van der Waals surface area (Å²) in [6, 6.07) is 0. The molecule has 0 radical (unpaired) electrons. The normalized spacial score (nSPS) is 12.8. The van der Waals surface area contributed by atoms with Gasteiger partial charge in [0.1, 0.15) is 0 Å². The molecule has 0 aromatic rings. The van der Waals surface area contributed by atoms with Gasteiger partial charge in [0.05, 0.1) is 0 Å². The molecular weight excluding hydrogens is 156 g/mol. The highest BCUT2D eigenvalue weighted by molar-refractivity contribution is 6.19. The minimum atomic E-state index is 0.669. The van der Waals surface area contributed by atoms with Crippen LogP contribution in [0.1, 0.15) is 33.1 Å². The lowest BCUT2D eigenvalue weighted by Crippen LogP contribution is -1.82. The molecule has 0 rings (SSSR count). The predicted octanol–water partition coefficient (Wildman–Crippen LogP) is 3.92. The lowest BCUT2D eigenvalue weighted by Gasteiger charge is -1.97. The number of hydrogen-bond donors (Lipinski definition) is 0. The van der Waals surface area contributed by atoms with Crippen LogP contribution in [0.15, 0.2) is 23.8 Å². The van der Waals surface area contributed by atoms with Crippen molar-refractivity contribution in [3.8, 4) is 0 Å². The van der Waals surface area contributed by atoms with E-state index in [-0.39, 0.29) is 0 Å². The topological polar surface area (TPSA) is 0 Å². The standard InChI is InChI=1S/C10H17Cl/c1-3-5-6-8-10(9-11)7-4-2/h5-6,8H,3-4,7,9H2,1-2H3. The van der Waals surface area contributed by atoms with Crippen molar-refractivity contribution in [3.63, 3.8) is 0 Å². The van der Waals surface area contributed by atoms with Crippen LogP contribution >= 0.6 is 11.6 Å². The number of alkyl halides is 1. The Bertz CT molecular complexity index is 134. The zero-order chi connectivity index (χ0) is 8.53. The van der Waals surface area contributed by atoms with Gasteiger partial charge in [-0.3, -0.25) is 0 Å². The van der Waals surface area contributed by atoms with E-state index in [2.05, 4.69) is 32.1 Å². The predicted molar refractivity (Wildman–Crippen MR) is 53.1 cm³/mol. The van der Waals surface area contributed by atoms with Crippen molar-refractivity contribution in [2.75, 3.05) is 5.88 Å². The molecule has 0 spiro atoms. The summed E-state index contributed by atoms with van der Waals surface area (Å²) in [6.45, 7) is 4.30. The molecular formula is C10H17Cl. The van der Waals surface area contributed by atoms with Gasteiger partial charge in [0, 0.05) is 5.88 Å². The van der Waals surface area contributed by atoms with Crippen molar-refractivity contribution < 1.29 is 0 Å². The maximum Gasteiger partial charge on any atom is 0.0436 e. The van der Waals surface area contributed by atoms with E-state index < -0.39 is 0 Å². The van der Waals surface area contributed by atoms with E-state index in [1.54, 1.807) is 0 Å². The van der Waals surface area contributed by atoms with Crippen molar-refractivity contribution in [1.82, 2.24) is 0 Å². The lowest BCUT2D eigenvalue weighted by atomic mass is 10.1. The van der Waals surface area contributed by atoms with E-state index in [1.807, 2.05) is 0 Å². The molecule has 0 aliphatic carbocycles. The largest absolute Gasteiger partial charge is 0.122 e. The van der Waals surface area contributed by atoms with E-state index in [4.69, 9.17) is 11.6 Å². The second-order valence-corrected chi connectivity index (χ2v) is 2.81. The summed E-state index contributed by atoms with van der Waals surface area (Å²) in [4.78, 5) is 0. The molecule has 0 bridgehead atoms. The van der Waals surface area contributed by atoms with Gasteiger partial charge < -0.3 is 0 Å². The van der Waals surface area contributed by atoms with Gasteiger partial charge in [-0.15, -0.1) is 11.6 Å². The molecule has 0 aliphatic heterocycles. The Morgan fingerprint density at radius 2 is 2.09 bits per heavy atom. The Balaban J connectivity index is 3.79. The van der Waals surface area contributed by atoms with Crippen LogP contribution in [-0.2, 0) is 0 Å². The molecule has 0 aliphatic rings. The summed E-state index contributed by atoms with van der Waals surface area (Å²) < 4.78 is 0. The van der Waals surface area contributed by atoms with Crippen molar-refractivity contribution in [1.29, 1.82) is 0 Å². The molecule has 0 heterocycles. The smallest absolute Gasteiger partial charge is 0.0436 e. The van der Waals surface area contributed by atoms with Crippen LogP contribution in [0.5, 0.6) is 0 Å². The average molecular weight is 173 g/mol. The molecule has 1 heteroatoms. The SMILES string of the molecule is CCC=CC=C(CCl)CCC. The van der Waals surface area contributed by atoms with E-state index >= 15 is 0 Å². The first-order valence-electron chi connectivity index (χ1n) is 4.25. The Labute approximate surface area is 74.9 Å². The van der Waals surface area contributed by atoms with Gasteiger partial charge in [0.25, 0.3) is 0 Å². The van der Waals surface area contributed by atoms with E-state index in [1.165, 1.54) is 12.0 Å². The number of halogens is 1. The summed E-state index contributed by atoms with van der Waals surface area (Å²) >= 11 is 5.72. The fraction of sp³-hybridized carbons (Fsp3) is 0.600. The monoisotopic (exact) mass is 172 g/mol. The molecule has 0 amide bonds. The van der Waals surface area contributed by atoms with Crippen LogP contribution in [0.2, 0.25) is 0 Å². The fourth-order valence-electron chi connectivity index (χ4n) is 0.856. The maximum atomic E-state index is 5.72. The summed E-state index contributed by atoms with van der Waals surface area (Å²) in [5.74, 6) is 0.669. The van der Waals surface area contributed by atoms with Gasteiger partial charge in [-0.1, -0.05) is 44.1 Å². The molecule has 0 aromatic heterocycles. The average Bonchev–Trinajstić information content (AvgIpc) is 2.03. The molecule has 0 atom stereocenters. The Kier molecular flexibility index (Phi) is 7.71. The molecule has 0 aromatic carbocycles. The summed E-state index contributed by atoms with van der Waals surface area (Å²) in [7, 11) is 0. The van der Waals surface area contributed by atoms with Crippen LogP contribution in [0.4, 0.5) is 0 Å². The number of hydrogen-bond acceptors (Lipinski definition) is 0. The van der Waals surface area contributed by atoms with Crippen LogP contribution in [0, 0.1) is 0 Å². The fourth-order valence-corrected chi connectivity index (χ4v) is 1.08. The third-order valence-electron chi connectivity index (χ3n) is 1.45. The summed E-state index contributed by atoms with van der Waals surface area (Å²) in [5.41, 5.74) is 1.33. The van der Waals surface area contributed by atoms with Crippen LogP contribution in [-0.4, -0.2) is 5.88 Å². The highest BCUT2D eigenvalue weighted by Gasteiger charge is 1.89. The summed E-state index contributed by atoms with van der Waals surface area (Å²) in [5, 5.41) is 0. The Morgan fingerprint density at radius 3 is 2.55 bits per heavy atom. The van der Waals surface area contributed by atoms with E-state index in [0.717, 1.165) is 12.8 Å². The molecule has 0 unspecified atom stereocenters. The van der Waals surface area contributed by atoms with Crippen molar-refractivity contribution in [3.05, 3.63) is 23.8 Å². The molecule has 0 fully saturated rings. The van der Waals surface area contributed by atoms with E-state index in [0.29, 0.717) is 5.88 Å². The Hall–Kier alpha value is -0.230. The third kappa shape index (κ3) is 6.18. The first kappa shape index (κ1) is 10.8. The third-order valence-corrected chi connectivity index (χ3v) is 1.79. The van der Waals surface area contributed by atoms with Gasteiger partial charge in [-0.25, -0.2) is 0 Å². The molecule has 0 saturated heterocycles.